The average molecular weight is 288 g/mol. The fourth-order valence-corrected chi connectivity index (χ4v) is 2.43. The van der Waals surface area contributed by atoms with Gasteiger partial charge in [0, 0.05) is 25.8 Å². The molecule has 2 aromatic rings. The van der Waals surface area contributed by atoms with Crippen molar-refractivity contribution in [1.29, 1.82) is 0 Å². The molecule has 0 bridgehead atoms. The summed E-state index contributed by atoms with van der Waals surface area (Å²) in [5.41, 5.74) is 0.675. The lowest BCUT2D eigenvalue weighted by atomic mass is 9.90. The van der Waals surface area contributed by atoms with Gasteiger partial charge >= 0.3 is 0 Å². The van der Waals surface area contributed by atoms with Crippen molar-refractivity contribution in [2.24, 2.45) is 0 Å². The normalized spacial score (nSPS) is 15.6. The molecule has 0 aliphatic rings. The molecule has 0 radical (unpaired) electrons. The molecule has 2 unspecified atom stereocenters. The quantitative estimate of drug-likeness (QED) is 0.852. The van der Waals surface area contributed by atoms with Crippen LogP contribution in [0, 0.1) is 0 Å². The van der Waals surface area contributed by atoms with Gasteiger partial charge in [0.1, 0.15) is 5.60 Å². The van der Waals surface area contributed by atoms with Gasteiger partial charge < -0.3 is 9.84 Å². The van der Waals surface area contributed by atoms with E-state index in [9.17, 15) is 5.11 Å². The zero-order valence-electron chi connectivity index (χ0n) is 13.0. The van der Waals surface area contributed by atoms with Crippen LogP contribution in [0.2, 0.25) is 0 Å². The number of hydrogen-bond acceptors (Lipinski definition) is 3. The summed E-state index contributed by atoms with van der Waals surface area (Å²) in [6.07, 6.45) is 3.44. The van der Waals surface area contributed by atoms with Crippen LogP contribution in [0.1, 0.15) is 37.6 Å². The van der Waals surface area contributed by atoms with E-state index in [4.69, 9.17) is 4.74 Å². The van der Waals surface area contributed by atoms with E-state index in [0.29, 0.717) is 12.5 Å². The third-order valence-corrected chi connectivity index (χ3v) is 3.87. The number of methoxy groups -OCH3 is 1. The van der Waals surface area contributed by atoms with E-state index in [1.165, 1.54) is 0 Å². The summed E-state index contributed by atoms with van der Waals surface area (Å²) in [6, 6.07) is 12.0. The highest BCUT2D eigenvalue weighted by Crippen LogP contribution is 2.26. The maximum Gasteiger partial charge on any atom is 0.118 e. The second-order valence-corrected chi connectivity index (χ2v) is 5.55. The second kappa shape index (κ2) is 6.87. The second-order valence-electron chi connectivity index (χ2n) is 5.55. The standard InChI is InChI=1S/C17H24N2O2/c1-4-14(2)19-11-10-16(18-19)12-17(20,13-21-3)15-8-6-5-7-9-15/h5-11,14,20H,4,12-13H2,1-3H3. The molecule has 4 heteroatoms. The molecule has 0 saturated carbocycles. The van der Waals surface area contributed by atoms with Crippen molar-refractivity contribution in [3.63, 3.8) is 0 Å². The van der Waals surface area contributed by atoms with E-state index in [1.54, 1.807) is 7.11 Å². The fourth-order valence-electron chi connectivity index (χ4n) is 2.43. The Morgan fingerprint density at radius 1 is 1.29 bits per heavy atom. The Morgan fingerprint density at radius 3 is 2.62 bits per heavy atom. The molecule has 0 amide bonds. The maximum atomic E-state index is 11.0. The highest BCUT2D eigenvalue weighted by Gasteiger charge is 2.30. The molecule has 114 valence electrons. The molecular weight excluding hydrogens is 264 g/mol. The number of aromatic nitrogens is 2. The average Bonchev–Trinajstić information content (AvgIpc) is 2.96. The van der Waals surface area contributed by atoms with Crippen molar-refractivity contribution >= 4 is 0 Å². The Bertz CT molecular complexity index is 553. The lowest BCUT2D eigenvalue weighted by Gasteiger charge is -2.27. The molecule has 1 aromatic carbocycles. The zero-order chi connectivity index (χ0) is 15.3. The van der Waals surface area contributed by atoms with Crippen LogP contribution in [0.25, 0.3) is 0 Å². The first-order valence-electron chi connectivity index (χ1n) is 7.40. The third kappa shape index (κ3) is 3.71. The summed E-state index contributed by atoms with van der Waals surface area (Å²) in [6.45, 7) is 4.51. The Hall–Kier alpha value is -1.65. The van der Waals surface area contributed by atoms with E-state index in [-0.39, 0.29) is 6.61 Å². The van der Waals surface area contributed by atoms with Crippen LogP contribution in [-0.4, -0.2) is 28.6 Å². The van der Waals surface area contributed by atoms with Gasteiger partial charge in [-0.1, -0.05) is 37.3 Å². The summed E-state index contributed by atoms with van der Waals surface area (Å²) in [4.78, 5) is 0. The molecule has 21 heavy (non-hydrogen) atoms. The minimum Gasteiger partial charge on any atom is -0.382 e. The Kier molecular flexibility index (Phi) is 5.15. The predicted molar refractivity (Wildman–Crippen MR) is 83.1 cm³/mol. The van der Waals surface area contributed by atoms with Crippen molar-refractivity contribution in [3.05, 3.63) is 53.9 Å². The van der Waals surface area contributed by atoms with E-state index in [1.807, 2.05) is 47.3 Å². The van der Waals surface area contributed by atoms with Gasteiger partial charge in [-0.3, -0.25) is 4.68 Å². The molecule has 0 aliphatic carbocycles. The minimum absolute atomic E-state index is 0.243. The Morgan fingerprint density at radius 2 is 2.00 bits per heavy atom. The van der Waals surface area contributed by atoms with Gasteiger partial charge in [-0.2, -0.15) is 5.10 Å². The summed E-state index contributed by atoms with van der Waals surface area (Å²) < 4.78 is 7.18. The molecule has 0 aliphatic heterocycles. The monoisotopic (exact) mass is 288 g/mol. The van der Waals surface area contributed by atoms with E-state index < -0.39 is 5.60 Å². The van der Waals surface area contributed by atoms with Crippen molar-refractivity contribution in [3.8, 4) is 0 Å². The number of rotatable bonds is 7. The predicted octanol–water partition coefficient (Wildman–Crippen LogP) is 2.93. The maximum absolute atomic E-state index is 11.0. The number of benzene rings is 1. The third-order valence-electron chi connectivity index (χ3n) is 3.87. The topological polar surface area (TPSA) is 47.3 Å². The van der Waals surface area contributed by atoms with Crippen molar-refractivity contribution < 1.29 is 9.84 Å². The van der Waals surface area contributed by atoms with E-state index in [0.717, 1.165) is 17.7 Å². The lowest BCUT2D eigenvalue weighted by molar-refractivity contribution is -0.0362. The molecule has 1 aromatic heterocycles. The number of hydrogen-bond donors (Lipinski definition) is 1. The zero-order valence-corrected chi connectivity index (χ0v) is 13.0. The Labute approximate surface area is 126 Å². The molecule has 2 rings (SSSR count). The van der Waals surface area contributed by atoms with Gasteiger partial charge in [-0.15, -0.1) is 0 Å². The number of nitrogens with zero attached hydrogens (tertiary/aromatic N) is 2. The molecule has 4 nitrogen and oxygen atoms in total. The van der Waals surface area contributed by atoms with Crippen molar-refractivity contribution in [1.82, 2.24) is 9.78 Å². The number of aliphatic hydroxyl groups is 1. The Balaban J connectivity index is 2.22. The molecule has 0 spiro atoms. The van der Waals surface area contributed by atoms with Crippen LogP contribution >= 0.6 is 0 Å². The molecule has 2 atom stereocenters. The fraction of sp³-hybridized carbons (Fsp3) is 0.471. The molecule has 0 fully saturated rings. The van der Waals surface area contributed by atoms with Crippen molar-refractivity contribution in [2.45, 2.75) is 38.3 Å². The van der Waals surface area contributed by atoms with Crippen LogP contribution < -0.4 is 0 Å². The van der Waals surface area contributed by atoms with Gasteiger partial charge in [0.05, 0.1) is 12.3 Å². The first-order valence-corrected chi connectivity index (χ1v) is 7.40. The summed E-state index contributed by atoms with van der Waals surface area (Å²) >= 11 is 0. The van der Waals surface area contributed by atoms with E-state index >= 15 is 0 Å². The van der Waals surface area contributed by atoms with Crippen LogP contribution in [0.3, 0.4) is 0 Å². The molecule has 1 N–H and O–H groups in total. The number of ether oxygens (including phenoxy) is 1. The van der Waals surface area contributed by atoms with Gasteiger partial charge in [0.2, 0.25) is 0 Å². The van der Waals surface area contributed by atoms with Gasteiger partial charge in [-0.05, 0) is 25.0 Å². The first-order chi connectivity index (χ1) is 10.1. The molecule has 1 heterocycles. The SMILES string of the molecule is CCC(C)n1ccc(CC(O)(COC)c2ccccc2)n1. The summed E-state index contributed by atoms with van der Waals surface area (Å²) in [5, 5.41) is 15.5. The smallest absolute Gasteiger partial charge is 0.118 e. The minimum atomic E-state index is -1.05. The largest absolute Gasteiger partial charge is 0.382 e. The van der Waals surface area contributed by atoms with Crippen molar-refractivity contribution in [2.75, 3.05) is 13.7 Å². The highest BCUT2D eigenvalue weighted by molar-refractivity contribution is 5.24. The van der Waals surface area contributed by atoms with Gasteiger partial charge in [-0.25, -0.2) is 0 Å². The first kappa shape index (κ1) is 15.7. The molecule has 0 saturated heterocycles. The van der Waals surface area contributed by atoms with Gasteiger partial charge in [0.15, 0.2) is 0 Å². The van der Waals surface area contributed by atoms with Crippen LogP contribution in [0.5, 0.6) is 0 Å². The van der Waals surface area contributed by atoms with Crippen LogP contribution in [0.4, 0.5) is 0 Å². The van der Waals surface area contributed by atoms with Crippen LogP contribution in [0.15, 0.2) is 42.6 Å². The summed E-state index contributed by atoms with van der Waals surface area (Å²) in [5.74, 6) is 0. The highest BCUT2D eigenvalue weighted by atomic mass is 16.5. The van der Waals surface area contributed by atoms with Gasteiger partial charge in [0.25, 0.3) is 0 Å². The van der Waals surface area contributed by atoms with Crippen LogP contribution in [-0.2, 0) is 16.8 Å². The van der Waals surface area contributed by atoms with E-state index in [2.05, 4.69) is 18.9 Å². The summed E-state index contributed by atoms with van der Waals surface area (Å²) in [7, 11) is 1.60. The lowest BCUT2D eigenvalue weighted by Crippen LogP contribution is -2.34. The molecular formula is C17H24N2O2.